The molecule has 0 saturated carbocycles. The maximum absolute atomic E-state index is 6.89. The minimum Gasteiger partial charge on any atom is -0.455 e. The SMILES string of the molecule is c1ccc(-c2ccc(-c3nc(-c4ccccc4)nc(-c4cccc5oc6c(-c7ccc8sc9ccccc9c8c7-c7ccccc7)cccc6c45)n3)cc2)cc1. The molecule has 4 nitrogen and oxygen atoms in total. The van der Waals surface area contributed by atoms with E-state index < -0.39 is 0 Å². The van der Waals surface area contributed by atoms with E-state index >= 15 is 0 Å². The number of rotatable bonds is 6. The second kappa shape index (κ2) is 13.3. The zero-order valence-corrected chi connectivity index (χ0v) is 30.9. The van der Waals surface area contributed by atoms with Gasteiger partial charge in [0.2, 0.25) is 0 Å². The molecule has 0 N–H and O–H groups in total. The van der Waals surface area contributed by atoms with Crippen LogP contribution in [0.25, 0.3) is 110 Å². The summed E-state index contributed by atoms with van der Waals surface area (Å²) in [6.07, 6.45) is 0. The van der Waals surface area contributed by atoms with Crippen LogP contribution in [0.3, 0.4) is 0 Å². The molecule has 0 amide bonds. The fraction of sp³-hybridized carbons (Fsp3) is 0. The molecule has 3 heterocycles. The summed E-state index contributed by atoms with van der Waals surface area (Å²) in [6.45, 7) is 0. The first-order valence-corrected chi connectivity index (χ1v) is 19.5. The number of fused-ring (bicyclic) bond motifs is 6. The van der Waals surface area contributed by atoms with Crippen LogP contribution in [-0.2, 0) is 0 Å². The normalized spacial score (nSPS) is 11.6. The third-order valence-electron chi connectivity index (χ3n) is 10.6. The maximum Gasteiger partial charge on any atom is 0.164 e. The lowest BCUT2D eigenvalue weighted by Crippen LogP contribution is -2.00. The van der Waals surface area contributed by atoms with Gasteiger partial charge in [-0.1, -0.05) is 170 Å². The number of aromatic nitrogens is 3. The largest absolute Gasteiger partial charge is 0.455 e. The molecule has 0 aliphatic heterocycles. The zero-order valence-electron chi connectivity index (χ0n) is 30.1. The number of hydrogen-bond donors (Lipinski definition) is 0. The Bertz CT molecular complexity index is 3230. The van der Waals surface area contributed by atoms with Crippen molar-refractivity contribution in [2.45, 2.75) is 0 Å². The van der Waals surface area contributed by atoms with E-state index in [0.717, 1.165) is 60.9 Å². The molecule has 0 aliphatic carbocycles. The quantitative estimate of drug-likeness (QED) is 0.171. The van der Waals surface area contributed by atoms with Gasteiger partial charge in [0.1, 0.15) is 11.2 Å². The third-order valence-corrected chi connectivity index (χ3v) is 11.7. The topological polar surface area (TPSA) is 51.8 Å². The van der Waals surface area contributed by atoms with E-state index in [-0.39, 0.29) is 0 Å². The molecule has 0 atom stereocenters. The van der Waals surface area contributed by atoms with E-state index in [0.29, 0.717) is 17.5 Å². The van der Waals surface area contributed by atoms with Crippen LogP contribution >= 0.6 is 11.3 Å². The van der Waals surface area contributed by atoms with Gasteiger partial charge in [-0.05, 0) is 46.0 Å². The summed E-state index contributed by atoms with van der Waals surface area (Å²) in [5.74, 6) is 1.82. The summed E-state index contributed by atoms with van der Waals surface area (Å²) < 4.78 is 9.43. The second-order valence-corrected chi connectivity index (χ2v) is 15.0. The van der Waals surface area contributed by atoms with Crippen molar-refractivity contribution in [1.29, 1.82) is 0 Å². The van der Waals surface area contributed by atoms with Gasteiger partial charge in [-0.2, -0.15) is 0 Å². The molecule has 56 heavy (non-hydrogen) atoms. The van der Waals surface area contributed by atoms with Gasteiger partial charge in [0.05, 0.1) is 0 Å². The highest BCUT2D eigenvalue weighted by Crippen LogP contribution is 2.48. The Balaban J connectivity index is 1.12. The molecule has 0 saturated heterocycles. The fourth-order valence-corrected chi connectivity index (χ4v) is 9.09. The lowest BCUT2D eigenvalue weighted by Gasteiger charge is -2.13. The van der Waals surface area contributed by atoms with Gasteiger partial charge in [-0.25, -0.2) is 15.0 Å². The van der Waals surface area contributed by atoms with Gasteiger partial charge >= 0.3 is 0 Å². The van der Waals surface area contributed by atoms with Gasteiger partial charge < -0.3 is 4.42 Å². The van der Waals surface area contributed by atoms with Crippen molar-refractivity contribution >= 4 is 53.4 Å². The van der Waals surface area contributed by atoms with Crippen LogP contribution in [0.2, 0.25) is 0 Å². The molecule has 0 fully saturated rings. The van der Waals surface area contributed by atoms with Crippen molar-refractivity contribution in [1.82, 2.24) is 15.0 Å². The molecule has 262 valence electrons. The summed E-state index contributed by atoms with van der Waals surface area (Å²) in [6, 6.07) is 65.5. The van der Waals surface area contributed by atoms with Gasteiger partial charge in [0, 0.05) is 53.2 Å². The van der Waals surface area contributed by atoms with E-state index in [1.165, 1.54) is 31.3 Å². The highest BCUT2D eigenvalue weighted by Gasteiger charge is 2.22. The molecule has 0 aliphatic rings. The molecule has 0 bridgehead atoms. The first-order valence-electron chi connectivity index (χ1n) is 18.7. The molecule has 11 rings (SSSR count). The van der Waals surface area contributed by atoms with Gasteiger partial charge in [-0.3, -0.25) is 0 Å². The highest BCUT2D eigenvalue weighted by atomic mass is 32.1. The zero-order chi connectivity index (χ0) is 37.0. The first kappa shape index (κ1) is 32.2. The van der Waals surface area contributed by atoms with Crippen molar-refractivity contribution < 1.29 is 4.42 Å². The smallest absolute Gasteiger partial charge is 0.164 e. The van der Waals surface area contributed by atoms with Gasteiger partial charge in [0.15, 0.2) is 17.5 Å². The van der Waals surface area contributed by atoms with Crippen molar-refractivity contribution in [2.75, 3.05) is 0 Å². The number of thiophene rings is 1. The van der Waals surface area contributed by atoms with Crippen LogP contribution in [0.1, 0.15) is 0 Å². The van der Waals surface area contributed by atoms with Gasteiger partial charge in [0.25, 0.3) is 0 Å². The van der Waals surface area contributed by atoms with Crippen molar-refractivity contribution in [3.63, 3.8) is 0 Å². The third kappa shape index (κ3) is 5.40. The lowest BCUT2D eigenvalue weighted by molar-refractivity contribution is 0.670. The van der Waals surface area contributed by atoms with Crippen molar-refractivity contribution in [2.24, 2.45) is 0 Å². The van der Waals surface area contributed by atoms with Crippen LogP contribution < -0.4 is 0 Å². The average Bonchev–Trinajstić information content (AvgIpc) is 3.86. The second-order valence-electron chi connectivity index (χ2n) is 13.9. The Morgan fingerprint density at radius 1 is 0.339 bits per heavy atom. The average molecular weight is 734 g/mol. The molecule has 8 aromatic carbocycles. The van der Waals surface area contributed by atoms with E-state index in [1.807, 2.05) is 59.9 Å². The van der Waals surface area contributed by atoms with Crippen LogP contribution in [-0.4, -0.2) is 15.0 Å². The first-order chi connectivity index (χ1) is 27.8. The fourth-order valence-electron chi connectivity index (χ4n) is 7.98. The molecule has 0 spiro atoms. The molecular weight excluding hydrogens is 703 g/mol. The molecule has 0 radical (unpaired) electrons. The standard InChI is InChI=1S/C51H31N3OS/c1-4-14-32(15-5-1)33-26-28-36(29-27-33)50-52-49(35-18-8-3-9-19-35)53-51(54-50)41-23-13-24-42-46(41)40-22-12-21-38(48(40)55-42)37-30-31-44-47(39-20-10-11-25-43(39)56-44)45(37)34-16-6-2-7-17-34/h1-31H. The monoisotopic (exact) mass is 733 g/mol. The Labute approximate surface area is 327 Å². The van der Waals surface area contributed by atoms with E-state index in [4.69, 9.17) is 19.4 Å². The van der Waals surface area contributed by atoms with E-state index in [9.17, 15) is 0 Å². The summed E-state index contributed by atoms with van der Waals surface area (Å²) in [7, 11) is 0. The summed E-state index contributed by atoms with van der Waals surface area (Å²) in [5, 5.41) is 4.52. The number of para-hydroxylation sites is 1. The predicted molar refractivity (Wildman–Crippen MR) is 233 cm³/mol. The predicted octanol–water partition coefficient (Wildman–Crippen LogP) is 14.1. The molecule has 0 unspecified atom stereocenters. The van der Waals surface area contributed by atoms with E-state index in [1.54, 1.807) is 0 Å². The number of hydrogen-bond acceptors (Lipinski definition) is 5. The summed E-state index contributed by atoms with van der Waals surface area (Å²) in [5.41, 5.74) is 11.2. The van der Waals surface area contributed by atoms with Crippen molar-refractivity contribution in [3.05, 3.63) is 188 Å². The molecule has 5 heteroatoms. The highest BCUT2D eigenvalue weighted by molar-refractivity contribution is 7.26. The Morgan fingerprint density at radius 2 is 0.893 bits per heavy atom. The number of nitrogens with zero attached hydrogens (tertiary/aromatic N) is 3. The number of benzene rings is 8. The summed E-state index contributed by atoms with van der Waals surface area (Å²) in [4.78, 5) is 15.3. The molecular formula is C51H31N3OS. The Morgan fingerprint density at radius 3 is 1.64 bits per heavy atom. The van der Waals surface area contributed by atoms with Crippen molar-refractivity contribution in [3.8, 4) is 67.5 Å². The summed E-state index contributed by atoms with van der Waals surface area (Å²) >= 11 is 1.84. The minimum absolute atomic E-state index is 0.593. The number of furan rings is 1. The Kier molecular flexibility index (Phi) is 7.64. The molecule has 11 aromatic rings. The maximum atomic E-state index is 6.89. The van der Waals surface area contributed by atoms with Crippen LogP contribution in [0, 0.1) is 0 Å². The lowest BCUT2D eigenvalue weighted by atomic mass is 9.90. The Hall–Kier alpha value is -7.21. The van der Waals surface area contributed by atoms with E-state index in [2.05, 4.69) is 140 Å². The molecule has 3 aromatic heterocycles. The minimum atomic E-state index is 0.593. The van der Waals surface area contributed by atoms with Crippen LogP contribution in [0.15, 0.2) is 192 Å². The van der Waals surface area contributed by atoms with Gasteiger partial charge in [-0.15, -0.1) is 11.3 Å². The van der Waals surface area contributed by atoms with Crippen LogP contribution in [0.5, 0.6) is 0 Å². The van der Waals surface area contributed by atoms with Crippen LogP contribution in [0.4, 0.5) is 0 Å².